The van der Waals surface area contributed by atoms with E-state index >= 15 is 0 Å². The van der Waals surface area contributed by atoms with Crippen molar-refractivity contribution < 1.29 is 17.9 Å². The first-order chi connectivity index (χ1) is 11.3. The van der Waals surface area contributed by atoms with Crippen molar-refractivity contribution in [1.29, 1.82) is 0 Å². The molecule has 24 heavy (non-hydrogen) atoms. The molecule has 0 aliphatic carbocycles. The maximum absolute atomic E-state index is 12.4. The maximum atomic E-state index is 12.4. The number of rotatable bonds is 6. The number of nitrogens with one attached hydrogen (secondary N) is 1. The van der Waals surface area contributed by atoms with Crippen LogP contribution >= 0.6 is 15.9 Å². The summed E-state index contributed by atoms with van der Waals surface area (Å²) in [5, 5.41) is 0. The molecule has 0 atom stereocenters. The molecule has 0 saturated carbocycles. The minimum Gasteiger partial charge on any atom is -0.484 e. The van der Waals surface area contributed by atoms with Gasteiger partial charge in [-0.15, -0.1) is 0 Å². The lowest BCUT2D eigenvalue weighted by Gasteiger charge is -2.12. The molecule has 0 heterocycles. The first-order valence-corrected chi connectivity index (χ1v) is 9.27. The van der Waals surface area contributed by atoms with E-state index in [0.29, 0.717) is 15.9 Å². The highest BCUT2D eigenvalue weighted by atomic mass is 79.9. The minimum absolute atomic E-state index is 0.101. The van der Waals surface area contributed by atoms with Gasteiger partial charge in [-0.25, -0.2) is 8.42 Å². The van der Waals surface area contributed by atoms with Crippen LogP contribution in [0.15, 0.2) is 57.9 Å². The van der Waals surface area contributed by atoms with Crippen molar-refractivity contribution >= 4 is 37.5 Å². The lowest BCUT2D eigenvalue weighted by molar-refractivity contribution is -0.130. The zero-order chi connectivity index (χ0) is 17.7. The highest BCUT2D eigenvalue weighted by molar-refractivity contribution is 9.10. The number of benzene rings is 2. The van der Waals surface area contributed by atoms with Crippen LogP contribution in [0.2, 0.25) is 0 Å². The number of hydrogen-bond acceptors (Lipinski definition) is 4. The fourth-order valence-electron chi connectivity index (χ4n) is 1.74. The highest BCUT2D eigenvalue weighted by Gasteiger charge is 2.15. The number of amides is 1. The Bertz CT molecular complexity index is 820. The van der Waals surface area contributed by atoms with Crippen LogP contribution in [0.5, 0.6) is 5.75 Å². The van der Waals surface area contributed by atoms with Crippen LogP contribution in [0.3, 0.4) is 0 Å². The number of hydrogen-bond donors (Lipinski definition) is 1. The summed E-state index contributed by atoms with van der Waals surface area (Å²) < 4.78 is 33.3. The van der Waals surface area contributed by atoms with Gasteiger partial charge < -0.3 is 9.64 Å². The summed E-state index contributed by atoms with van der Waals surface area (Å²) in [7, 11) is -0.441. The van der Waals surface area contributed by atoms with Crippen LogP contribution in [-0.4, -0.2) is 39.9 Å². The molecule has 2 rings (SSSR count). The second-order valence-corrected chi connectivity index (χ2v) is 7.67. The standard InChI is InChI=1S/C16H17BrN2O4S/c1-19(2)16(20)11-23-12-7-9-13(10-8-12)24(21,22)18-15-6-4-3-5-14(15)17/h3-10,18H,11H2,1-2H3. The summed E-state index contributed by atoms with van der Waals surface area (Å²) in [4.78, 5) is 13.0. The van der Waals surface area contributed by atoms with Crippen molar-refractivity contribution in [3.8, 4) is 5.75 Å². The summed E-state index contributed by atoms with van der Waals surface area (Å²) in [6.07, 6.45) is 0. The summed E-state index contributed by atoms with van der Waals surface area (Å²) >= 11 is 3.30. The predicted molar refractivity (Wildman–Crippen MR) is 95.6 cm³/mol. The number of sulfonamides is 1. The second-order valence-electron chi connectivity index (χ2n) is 5.13. The van der Waals surface area contributed by atoms with Gasteiger partial charge in [-0.3, -0.25) is 9.52 Å². The monoisotopic (exact) mass is 412 g/mol. The Labute approximate surface area is 149 Å². The van der Waals surface area contributed by atoms with Crippen molar-refractivity contribution in [3.63, 3.8) is 0 Å². The van der Waals surface area contributed by atoms with Gasteiger partial charge in [0.25, 0.3) is 15.9 Å². The van der Waals surface area contributed by atoms with Gasteiger partial charge in [0.2, 0.25) is 0 Å². The second kappa shape index (κ2) is 7.67. The Morgan fingerprint density at radius 2 is 1.75 bits per heavy atom. The largest absolute Gasteiger partial charge is 0.484 e. The number of anilines is 1. The summed E-state index contributed by atoms with van der Waals surface area (Å²) in [6.45, 7) is -0.103. The molecule has 1 amide bonds. The zero-order valence-corrected chi connectivity index (χ0v) is 15.6. The van der Waals surface area contributed by atoms with Gasteiger partial charge in [-0.1, -0.05) is 12.1 Å². The van der Waals surface area contributed by atoms with E-state index in [2.05, 4.69) is 20.7 Å². The number of ether oxygens (including phenoxy) is 1. The van der Waals surface area contributed by atoms with Crippen LogP contribution in [0.25, 0.3) is 0 Å². The topological polar surface area (TPSA) is 75.7 Å². The van der Waals surface area contributed by atoms with Gasteiger partial charge in [-0.05, 0) is 52.3 Å². The lowest BCUT2D eigenvalue weighted by atomic mass is 10.3. The number of carbonyl (C=O) groups is 1. The molecule has 2 aromatic rings. The first-order valence-electron chi connectivity index (χ1n) is 7.00. The van der Waals surface area contributed by atoms with E-state index in [1.165, 1.54) is 29.2 Å². The third-order valence-corrected chi connectivity index (χ3v) is 5.19. The molecular formula is C16H17BrN2O4S. The van der Waals surface area contributed by atoms with Crippen molar-refractivity contribution in [2.24, 2.45) is 0 Å². The highest BCUT2D eigenvalue weighted by Crippen LogP contribution is 2.25. The minimum atomic E-state index is -3.71. The predicted octanol–water partition coefficient (Wildman–Crippen LogP) is 2.72. The van der Waals surface area contributed by atoms with E-state index < -0.39 is 10.0 Å². The van der Waals surface area contributed by atoms with E-state index in [1.54, 1.807) is 38.4 Å². The molecule has 0 fully saturated rings. The Morgan fingerprint density at radius 3 is 2.33 bits per heavy atom. The van der Waals surface area contributed by atoms with Crippen LogP contribution in [0.1, 0.15) is 0 Å². The van der Waals surface area contributed by atoms with Crippen LogP contribution in [0.4, 0.5) is 5.69 Å². The number of nitrogens with zero attached hydrogens (tertiary/aromatic N) is 1. The summed E-state index contributed by atoms with van der Waals surface area (Å²) in [5.41, 5.74) is 0.453. The van der Waals surface area contributed by atoms with Gasteiger partial charge in [0, 0.05) is 18.6 Å². The van der Waals surface area contributed by atoms with Crippen LogP contribution in [0, 0.1) is 0 Å². The molecule has 0 spiro atoms. The summed E-state index contributed by atoms with van der Waals surface area (Å²) in [6, 6.07) is 12.8. The lowest BCUT2D eigenvalue weighted by Crippen LogP contribution is -2.27. The smallest absolute Gasteiger partial charge is 0.261 e. The van der Waals surface area contributed by atoms with Gasteiger partial charge in [0.15, 0.2) is 6.61 Å². The SMILES string of the molecule is CN(C)C(=O)COc1ccc(S(=O)(=O)Nc2ccccc2Br)cc1. The van der Waals surface area contributed by atoms with E-state index in [1.807, 2.05) is 0 Å². The molecule has 8 heteroatoms. The normalized spacial score (nSPS) is 11.0. The van der Waals surface area contributed by atoms with E-state index in [0.717, 1.165) is 0 Å². The average Bonchev–Trinajstić information content (AvgIpc) is 2.55. The summed E-state index contributed by atoms with van der Waals surface area (Å²) in [5.74, 6) is 0.243. The van der Waals surface area contributed by atoms with Crippen molar-refractivity contribution in [1.82, 2.24) is 4.90 Å². The molecule has 0 radical (unpaired) electrons. The quantitative estimate of drug-likeness (QED) is 0.790. The molecule has 0 saturated heterocycles. The van der Waals surface area contributed by atoms with E-state index in [4.69, 9.17) is 4.74 Å². The molecule has 1 N–H and O–H groups in total. The molecule has 0 bridgehead atoms. The molecule has 0 aromatic heterocycles. The van der Waals surface area contributed by atoms with Gasteiger partial charge >= 0.3 is 0 Å². The van der Waals surface area contributed by atoms with Crippen LogP contribution in [-0.2, 0) is 14.8 Å². The molecule has 128 valence electrons. The van der Waals surface area contributed by atoms with Gasteiger partial charge in [-0.2, -0.15) is 0 Å². The van der Waals surface area contributed by atoms with Gasteiger partial charge in [0.1, 0.15) is 5.75 Å². The molecule has 0 aliphatic heterocycles. The average molecular weight is 413 g/mol. The molecule has 6 nitrogen and oxygen atoms in total. The Morgan fingerprint density at radius 1 is 1.12 bits per heavy atom. The Balaban J connectivity index is 2.09. The zero-order valence-electron chi connectivity index (χ0n) is 13.2. The number of carbonyl (C=O) groups excluding carboxylic acids is 1. The molecular weight excluding hydrogens is 396 g/mol. The van der Waals surface area contributed by atoms with Crippen molar-refractivity contribution in [2.45, 2.75) is 4.90 Å². The third kappa shape index (κ3) is 4.72. The molecule has 2 aromatic carbocycles. The molecule has 0 aliphatic rings. The fourth-order valence-corrected chi connectivity index (χ4v) is 3.33. The van der Waals surface area contributed by atoms with E-state index in [9.17, 15) is 13.2 Å². The van der Waals surface area contributed by atoms with Crippen molar-refractivity contribution in [2.75, 3.05) is 25.4 Å². The van der Waals surface area contributed by atoms with Crippen LogP contribution < -0.4 is 9.46 Å². The maximum Gasteiger partial charge on any atom is 0.261 e. The number of halogens is 1. The van der Waals surface area contributed by atoms with Gasteiger partial charge in [0.05, 0.1) is 10.6 Å². The third-order valence-electron chi connectivity index (χ3n) is 3.11. The Hall–Kier alpha value is -2.06. The van der Waals surface area contributed by atoms with E-state index in [-0.39, 0.29) is 17.4 Å². The fraction of sp³-hybridized carbons (Fsp3) is 0.188. The van der Waals surface area contributed by atoms with Crippen molar-refractivity contribution in [3.05, 3.63) is 53.0 Å². The number of para-hydroxylation sites is 1. The Kier molecular flexibility index (Phi) is 5.84. The first kappa shape index (κ1) is 18.3. The number of likely N-dealkylation sites (N-methyl/N-ethyl adjacent to an activating group) is 1. The molecule has 0 unspecified atom stereocenters.